The summed E-state index contributed by atoms with van der Waals surface area (Å²) in [5, 5.41) is 0. The van der Waals surface area contributed by atoms with Crippen LogP contribution in [0.2, 0.25) is 0 Å². The molecule has 2 fully saturated rings. The second-order valence-corrected chi connectivity index (χ2v) is 7.18. The number of piperidine rings is 1. The van der Waals surface area contributed by atoms with E-state index in [4.69, 9.17) is 0 Å². The molecule has 0 aromatic carbocycles. The van der Waals surface area contributed by atoms with Crippen molar-refractivity contribution in [2.24, 2.45) is 12.5 Å². The average molecular weight is 338 g/mol. The maximum Gasteiger partial charge on any atom is 0.250 e. The van der Waals surface area contributed by atoms with E-state index < -0.39 is 0 Å². The standard InChI is InChI=1S/C19H22N4O2/c1-21-12-16(5-6-17(21)24)23-14-19(18(23)25)7-3-9-22(13-19)11-15-4-2-8-20-10-15/h2,4-6,8,10,12H,3,7,9,11,13-14H2,1H3. The number of β-lactam (4-membered cyclic amide) rings is 1. The van der Waals surface area contributed by atoms with Crippen LogP contribution in [0.15, 0.2) is 47.7 Å². The second kappa shape index (κ2) is 6.11. The van der Waals surface area contributed by atoms with Gasteiger partial charge in [-0.3, -0.25) is 19.5 Å². The molecule has 2 aliphatic heterocycles. The van der Waals surface area contributed by atoms with Gasteiger partial charge in [-0.2, -0.15) is 0 Å². The van der Waals surface area contributed by atoms with Crippen LogP contribution >= 0.6 is 0 Å². The summed E-state index contributed by atoms with van der Waals surface area (Å²) in [4.78, 5) is 32.8. The first-order valence-corrected chi connectivity index (χ1v) is 8.67. The number of hydrogen-bond acceptors (Lipinski definition) is 4. The van der Waals surface area contributed by atoms with Crippen LogP contribution in [0.1, 0.15) is 18.4 Å². The van der Waals surface area contributed by atoms with Gasteiger partial charge in [0.25, 0.3) is 0 Å². The SMILES string of the molecule is Cn1cc(N2CC3(CCCN(Cc4cccnc4)C3)C2=O)ccc1=O. The molecule has 0 saturated carbocycles. The van der Waals surface area contributed by atoms with Crippen molar-refractivity contribution in [2.45, 2.75) is 19.4 Å². The number of amides is 1. The van der Waals surface area contributed by atoms with Crippen molar-refractivity contribution < 1.29 is 4.79 Å². The van der Waals surface area contributed by atoms with Gasteiger partial charge in [-0.25, -0.2) is 0 Å². The highest BCUT2D eigenvalue weighted by Gasteiger charge is 2.54. The highest BCUT2D eigenvalue weighted by molar-refractivity contribution is 6.04. The highest BCUT2D eigenvalue weighted by Crippen LogP contribution is 2.42. The lowest BCUT2D eigenvalue weighted by molar-refractivity contribution is -0.139. The zero-order valence-electron chi connectivity index (χ0n) is 14.4. The van der Waals surface area contributed by atoms with Crippen LogP contribution < -0.4 is 10.5 Å². The first-order chi connectivity index (χ1) is 12.1. The summed E-state index contributed by atoms with van der Waals surface area (Å²) >= 11 is 0. The maximum absolute atomic E-state index is 12.9. The molecule has 1 atom stereocenters. The average Bonchev–Trinajstić information content (AvgIpc) is 2.63. The summed E-state index contributed by atoms with van der Waals surface area (Å²) in [6.07, 6.45) is 7.39. The number of rotatable bonds is 3. The number of carbonyl (C=O) groups is 1. The molecule has 4 rings (SSSR count). The quantitative estimate of drug-likeness (QED) is 0.794. The number of carbonyl (C=O) groups excluding carboxylic acids is 1. The fourth-order valence-corrected chi connectivity index (χ4v) is 4.00. The number of nitrogens with zero attached hydrogens (tertiary/aromatic N) is 4. The van der Waals surface area contributed by atoms with Crippen LogP contribution in [0.5, 0.6) is 0 Å². The largest absolute Gasteiger partial charge is 0.317 e. The Morgan fingerprint density at radius 2 is 2.08 bits per heavy atom. The van der Waals surface area contributed by atoms with Crippen LogP contribution in [-0.4, -0.2) is 40.0 Å². The summed E-state index contributed by atoms with van der Waals surface area (Å²) in [6.45, 7) is 3.38. The Morgan fingerprint density at radius 1 is 1.20 bits per heavy atom. The predicted molar refractivity (Wildman–Crippen MR) is 95.2 cm³/mol. The van der Waals surface area contributed by atoms with E-state index in [0.717, 1.165) is 44.7 Å². The molecule has 0 aliphatic carbocycles. The fraction of sp³-hybridized carbons (Fsp3) is 0.421. The minimum Gasteiger partial charge on any atom is -0.317 e. The van der Waals surface area contributed by atoms with Gasteiger partial charge in [-0.1, -0.05) is 6.07 Å². The van der Waals surface area contributed by atoms with Crippen LogP contribution in [0.3, 0.4) is 0 Å². The minimum absolute atomic E-state index is 0.0632. The Labute approximate surface area is 146 Å². The topological polar surface area (TPSA) is 58.4 Å². The Bertz CT molecular complexity index is 848. The van der Waals surface area contributed by atoms with Crippen molar-refractivity contribution in [1.29, 1.82) is 0 Å². The van der Waals surface area contributed by atoms with E-state index in [1.807, 2.05) is 12.3 Å². The van der Waals surface area contributed by atoms with Gasteiger partial charge >= 0.3 is 0 Å². The molecule has 2 aromatic heterocycles. The van der Waals surface area contributed by atoms with Gasteiger partial charge in [-0.15, -0.1) is 0 Å². The Morgan fingerprint density at radius 3 is 2.80 bits per heavy atom. The van der Waals surface area contributed by atoms with Crippen LogP contribution in [-0.2, 0) is 18.4 Å². The van der Waals surface area contributed by atoms with E-state index in [2.05, 4.69) is 16.0 Å². The van der Waals surface area contributed by atoms with Crippen molar-refractivity contribution in [3.63, 3.8) is 0 Å². The van der Waals surface area contributed by atoms with E-state index in [9.17, 15) is 9.59 Å². The Kier molecular flexibility index (Phi) is 3.92. The van der Waals surface area contributed by atoms with Gasteiger partial charge in [0, 0.05) is 51.3 Å². The van der Waals surface area contributed by atoms with E-state index in [0.29, 0.717) is 0 Å². The molecule has 130 valence electrons. The molecule has 2 saturated heterocycles. The molecule has 0 bridgehead atoms. The number of likely N-dealkylation sites (tertiary alicyclic amines) is 1. The van der Waals surface area contributed by atoms with Gasteiger partial charge in [0.15, 0.2) is 0 Å². The fourth-order valence-electron chi connectivity index (χ4n) is 4.00. The van der Waals surface area contributed by atoms with Crippen molar-refractivity contribution in [3.8, 4) is 0 Å². The van der Waals surface area contributed by atoms with E-state index >= 15 is 0 Å². The summed E-state index contributed by atoms with van der Waals surface area (Å²) in [6, 6.07) is 7.28. The van der Waals surface area contributed by atoms with Crippen LogP contribution in [0.4, 0.5) is 5.69 Å². The monoisotopic (exact) mass is 338 g/mol. The Balaban J connectivity index is 1.47. The van der Waals surface area contributed by atoms with Gasteiger partial charge < -0.3 is 9.47 Å². The molecule has 1 unspecified atom stereocenters. The second-order valence-electron chi connectivity index (χ2n) is 7.18. The normalized spacial score (nSPS) is 23.7. The molecular weight excluding hydrogens is 316 g/mol. The molecule has 4 heterocycles. The molecular formula is C19H22N4O2. The molecule has 1 spiro atoms. The molecule has 6 nitrogen and oxygen atoms in total. The van der Waals surface area contributed by atoms with Crippen molar-refractivity contribution in [1.82, 2.24) is 14.5 Å². The molecule has 6 heteroatoms. The van der Waals surface area contributed by atoms with Gasteiger partial charge in [-0.05, 0) is 37.1 Å². The number of aromatic nitrogens is 2. The lowest BCUT2D eigenvalue weighted by Gasteiger charge is -2.53. The number of aryl methyl sites for hydroxylation is 1. The zero-order chi connectivity index (χ0) is 17.4. The van der Waals surface area contributed by atoms with Crippen molar-refractivity contribution in [3.05, 3.63) is 58.8 Å². The molecule has 25 heavy (non-hydrogen) atoms. The number of anilines is 1. The molecule has 1 amide bonds. The van der Waals surface area contributed by atoms with E-state index in [1.165, 1.54) is 16.2 Å². The number of pyridine rings is 2. The molecule has 0 N–H and O–H groups in total. The first-order valence-electron chi connectivity index (χ1n) is 8.67. The van der Waals surface area contributed by atoms with E-state index in [-0.39, 0.29) is 16.9 Å². The third-order valence-electron chi connectivity index (χ3n) is 5.33. The third kappa shape index (κ3) is 2.87. The van der Waals surface area contributed by atoms with Crippen molar-refractivity contribution >= 4 is 11.6 Å². The summed E-state index contributed by atoms with van der Waals surface area (Å²) in [5.41, 5.74) is 1.66. The first kappa shape index (κ1) is 16.0. The lowest BCUT2D eigenvalue weighted by atomic mass is 9.72. The number of hydrogen-bond donors (Lipinski definition) is 0. The summed E-state index contributed by atoms with van der Waals surface area (Å²) in [5.74, 6) is 0.182. The maximum atomic E-state index is 12.9. The zero-order valence-corrected chi connectivity index (χ0v) is 14.4. The Hall–Kier alpha value is -2.47. The predicted octanol–water partition coefficient (Wildman–Crippen LogP) is 1.41. The highest BCUT2D eigenvalue weighted by atomic mass is 16.2. The van der Waals surface area contributed by atoms with Crippen LogP contribution in [0, 0.1) is 5.41 Å². The van der Waals surface area contributed by atoms with Crippen LogP contribution in [0.25, 0.3) is 0 Å². The minimum atomic E-state index is -0.269. The molecule has 2 aliphatic rings. The van der Waals surface area contributed by atoms with E-state index in [1.54, 1.807) is 30.4 Å². The third-order valence-corrected chi connectivity index (χ3v) is 5.33. The van der Waals surface area contributed by atoms with Gasteiger partial charge in [0.1, 0.15) is 0 Å². The summed E-state index contributed by atoms with van der Waals surface area (Å²) < 4.78 is 1.52. The van der Waals surface area contributed by atoms with Gasteiger partial charge in [0.2, 0.25) is 11.5 Å². The van der Waals surface area contributed by atoms with Crippen molar-refractivity contribution in [2.75, 3.05) is 24.5 Å². The van der Waals surface area contributed by atoms with Gasteiger partial charge in [0.05, 0.1) is 11.1 Å². The summed E-state index contributed by atoms with van der Waals surface area (Å²) in [7, 11) is 1.71. The molecule has 0 radical (unpaired) electrons. The molecule has 2 aromatic rings. The lowest BCUT2D eigenvalue weighted by Crippen LogP contribution is -2.67. The smallest absolute Gasteiger partial charge is 0.250 e.